The molecular formula is C10H8FN. The topological polar surface area (TPSA) is 12.9 Å². The lowest BCUT2D eigenvalue weighted by atomic mass is 10.1. The van der Waals surface area contributed by atoms with Crippen molar-refractivity contribution in [1.82, 2.24) is 4.98 Å². The summed E-state index contributed by atoms with van der Waals surface area (Å²) in [6.07, 6.45) is 1.49. The highest BCUT2D eigenvalue weighted by atomic mass is 19.1. The number of aromatic nitrogens is 1. The second-order valence-corrected chi connectivity index (χ2v) is 2.76. The van der Waals surface area contributed by atoms with E-state index in [1.807, 2.05) is 19.1 Å². The molecule has 0 saturated heterocycles. The van der Waals surface area contributed by atoms with Gasteiger partial charge in [-0.05, 0) is 24.6 Å². The summed E-state index contributed by atoms with van der Waals surface area (Å²) in [5.41, 5.74) is 1.75. The summed E-state index contributed by atoms with van der Waals surface area (Å²) in [6, 6.07) is 6.88. The highest BCUT2D eigenvalue weighted by molar-refractivity contribution is 5.81. The minimum Gasteiger partial charge on any atom is -0.256 e. The van der Waals surface area contributed by atoms with Crippen LogP contribution >= 0.6 is 0 Å². The van der Waals surface area contributed by atoms with Gasteiger partial charge in [0.2, 0.25) is 0 Å². The third-order valence-electron chi connectivity index (χ3n) is 1.92. The standard InChI is InChI=1S/C10H8FN/c1-7-3-2-4-8-9(11)5-6-12-10(7)8/h2-6H,1H3. The van der Waals surface area contributed by atoms with Crippen LogP contribution in [0.5, 0.6) is 0 Å². The van der Waals surface area contributed by atoms with Gasteiger partial charge in [0, 0.05) is 11.6 Å². The number of rotatable bonds is 0. The molecule has 1 heterocycles. The van der Waals surface area contributed by atoms with Crippen LogP contribution < -0.4 is 0 Å². The van der Waals surface area contributed by atoms with E-state index < -0.39 is 0 Å². The number of fused-ring (bicyclic) bond motifs is 1. The Morgan fingerprint density at radius 3 is 2.83 bits per heavy atom. The number of halogens is 1. The molecule has 0 aliphatic carbocycles. The molecule has 1 aromatic heterocycles. The summed E-state index contributed by atoms with van der Waals surface area (Å²) in [6.45, 7) is 1.93. The predicted octanol–water partition coefficient (Wildman–Crippen LogP) is 2.68. The monoisotopic (exact) mass is 161 g/mol. The molecule has 0 spiro atoms. The average Bonchev–Trinajstić information content (AvgIpc) is 2.07. The highest BCUT2D eigenvalue weighted by Gasteiger charge is 2.01. The largest absolute Gasteiger partial charge is 0.256 e. The molecule has 60 valence electrons. The number of aryl methyl sites for hydroxylation is 1. The van der Waals surface area contributed by atoms with Gasteiger partial charge in [-0.1, -0.05) is 12.1 Å². The molecule has 0 N–H and O–H groups in total. The molecule has 0 atom stereocenters. The van der Waals surface area contributed by atoms with Crippen molar-refractivity contribution in [3.8, 4) is 0 Å². The molecule has 2 rings (SSSR count). The van der Waals surface area contributed by atoms with Crippen LogP contribution in [0.1, 0.15) is 5.56 Å². The van der Waals surface area contributed by atoms with Crippen LogP contribution in [-0.4, -0.2) is 4.98 Å². The maximum atomic E-state index is 13.1. The van der Waals surface area contributed by atoms with Gasteiger partial charge in [0.25, 0.3) is 0 Å². The second kappa shape index (κ2) is 2.55. The van der Waals surface area contributed by atoms with Crippen molar-refractivity contribution in [3.63, 3.8) is 0 Å². The Labute approximate surface area is 69.9 Å². The number of benzene rings is 1. The summed E-state index contributed by atoms with van der Waals surface area (Å²) in [4.78, 5) is 4.10. The van der Waals surface area contributed by atoms with Crippen LogP contribution in [0.3, 0.4) is 0 Å². The first-order valence-electron chi connectivity index (χ1n) is 3.79. The molecule has 0 amide bonds. The SMILES string of the molecule is Cc1cccc2c(F)ccnc12. The summed E-state index contributed by atoms with van der Waals surface area (Å²) in [5.74, 6) is -0.205. The van der Waals surface area contributed by atoms with Crippen molar-refractivity contribution in [2.75, 3.05) is 0 Å². The molecule has 12 heavy (non-hydrogen) atoms. The molecule has 2 aromatic rings. The van der Waals surface area contributed by atoms with E-state index in [1.54, 1.807) is 6.07 Å². The fourth-order valence-electron chi connectivity index (χ4n) is 1.29. The summed E-state index contributed by atoms with van der Waals surface area (Å²) < 4.78 is 13.1. The predicted molar refractivity (Wildman–Crippen MR) is 46.4 cm³/mol. The maximum absolute atomic E-state index is 13.1. The van der Waals surface area contributed by atoms with Crippen molar-refractivity contribution in [2.45, 2.75) is 6.92 Å². The number of hydrogen-bond acceptors (Lipinski definition) is 1. The van der Waals surface area contributed by atoms with Gasteiger partial charge in [-0.2, -0.15) is 0 Å². The van der Waals surface area contributed by atoms with Gasteiger partial charge in [-0.3, -0.25) is 4.98 Å². The van der Waals surface area contributed by atoms with Gasteiger partial charge in [0.1, 0.15) is 5.82 Å². The second-order valence-electron chi connectivity index (χ2n) is 2.76. The first-order chi connectivity index (χ1) is 5.79. The van der Waals surface area contributed by atoms with E-state index in [2.05, 4.69) is 4.98 Å². The van der Waals surface area contributed by atoms with Crippen molar-refractivity contribution in [2.24, 2.45) is 0 Å². The summed E-state index contributed by atoms with van der Waals surface area (Å²) >= 11 is 0. The highest BCUT2D eigenvalue weighted by Crippen LogP contribution is 2.17. The average molecular weight is 161 g/mol. The summed E-state index contributed by atoms with van der Waals surface area (Å²) in [7, 11) is 0. The van der Waals surface area contributed by atoms with E-state index in [-0.39, 0.29) is 5.82 Å². The normalized spacial score (nSPS) is 10.5. The maximum Gasteiger partial charge on any atom is 0.134 e. The van der Waals surface area contributed by atoms with E-state index in [0.29, 0.717) is 5.39 Å². The van der Waals surface area contributed by atoms with Crippen LogP contribution in [0, 0.1) is 12.7 Å². The lowest BCUT2D eigenvalue weighted by Gasteiger charge is -1.99. The zero-order chi connectivity index (χ0) is 8.55. The fourth-order valence-corrected chi connectivity index (χ4v) is 1.29. The lowest BCUT2D eigenvalue weighted by molar-refractivity contribution is 0.638. The Bertz CT molecular complexity index is 382. The molecule has 0 unspecified atom stereocenters. The van der Waals surface area contributed by atoms with Gasteiger partial charge in [-0.15, -0.1) is 0 Å². The van der Waals surface area contributed by atoms with Crippen molar-refractivity contribution >= 4 is 10.9 Å². The van der Waals surface area contributed by atoms with Gasteiger partial charge < -0.3 is 0 Å². The molecule has 2 heteroatoms. The zero-order valence-electron chi connectivity index (χ0n) is 6.71. The Balaban J connectivity index is 2.94. The summed E-state index contributed by atoms with van der Waals surface area (Å²) in [5, 5.41) is 0.595. The third kappa shape index (κ3) is 0.961. The first-order valence-corrected chi connectivity index (χ1v) is 3.79. The third-order valence-corrected chi connectivity index (χ3v) is 1.92. The van der Waals surface area contributed by atoms with Crippen LogP contribution in [0.4, 0.5) is 4.39 Å². The van der Waals surface area contributed by atoms with Gasteiger partial charge in [-0.25, -0.2) is 4.39 Å². The minimum absolute atomic E-state index is 0.205. The first kappa shape index (κ1) is 7.22. The Morgan fingerprint density at radius 2 is 2.08 bits per heavy atom. The number of para-hydroxylation sites is 1. The fraction of sp³-hybridized carbons (Fsp3) is 0.100. The van der Waals surface area contributed by atoms with Gasteiger partial charge >= 0.3 is 0 Å². The Hall–Kier alpha value is -1.44. The van der Waals surface area contributed by atoms with E-state index in [4.69, 9.17) is 0 Å². The molecule has 0 radical (unpaired) electrons. The van der Waals surface area contributed by atoms with Gasteiger partial charge in [0.05, 0.1) is 5.52 Å². The molecule has 1 aromatic carbocycles. The van der Waals surface area contributed by atoms with Gasteiger partial charge in [0.15, 0.2) is 0 Å². The Morgan fingerprint density at radius 1 is 1.25 bits per heavy atom. The molecule has 1 nitrogen and oxygen atoms in total. The van der Waals surface area contributed by atoms with Crippen molar-refractivity contribution in [1.29, 1.82) is 0 Å². The molecule has 0 saturated carbocycles. The van der Waals surface area contributed by atoms with Crippen LogP contribution in [0.2, 0.25) is 0 Å². The van der Waals surface area contributed by atoms with E-state index >= 15 is 0 Å². The smallest absolute Gasteiger partial charge is 0.134 e. The van der Waals surface area contributed by atoms with Crippen molar-refractivity contribution < 1.29 is 4.39 Å². The van der Waals surface area contributed by atoms with E-state index in [9.17, 15) is 4.39 Å². The van der Waals surface area contributed by atoms with Crippen molar-refractivity contribution in [3.05, 3.63) is 41.8 Å². The van der Waals surface area contributed by atoms with E-state index in [0.717, 1.165) is 11.1 Å². The molecule has 0 bridgehead atoms. The Kier molecular flexibility index (Phi) is 1.54. The molecule has 0 aliphatic heterocycles. The van der Waals surface area contributed by atoms with Crippen LogP contribution in [0.25, 0.3) is 10.9 Å². The number of hydrogen-bond donors (Lipinski definition) is 0. The van der Waals surface area contributed by atoms with Crippen LogP contribution in [-0.2, 0) is 0 Å². The molecular weight excluding hydrogens is 153 g/mol. The van der Waals surface area contributed by atoms with E-state index in [1.165, 1.54) is 12.3 Å². The number of nitrogens with zero attached hydrogens (tertiary/aromatic N) is 1. The molecule has 0 aliphatic rings. The minimum atomic E-state index is -0.205. The zero-order valence-corrected chi connectivity index (χ0v) is 6.71. The quantitative estimate of drug-likeness (QED) is 0.578. The number of pyridine rings is 1. The van der Waals surface area contributed by atoms with Crippen LogP contribution in [0.15, 0.2) is 30.5 Å². The molecule has 0 fully saturated rings. The lowest BCUT2D eigenvalue weighted by Crippen LogP contribution is -1.85.